The zero-order valence-corrected chi connectivity index (χ0v) is 26.3. The largest absolute Gasteiger partial charge is 0.0616 e. The molecule has 222 valence electrons. The highest BCUT2D eigenvalue weighted by atomic mass is 14.2. The predicted octanol–water partition coefficient (Wildman–Crippen LogP) is 13.6. The van der Waals surface area contributed by atoms with Crippen molar-refractivity contribution in [2.45, 2.75) is 0 Å². The highest BCUT2D eigenvalue weighted by molar-refractivity contribution is 6.30. The number of hydrogen-bond donors (Lipinski definition) is 0. The molecule has 48 heavy (non-hydrogen) atoms. The fourth-order valence-electron chi connectivity index (χ4n) is 8.00. The topological polar surface area (TPSA) is 0 Å². The molecule has 10 aromatic carbocycles. The van der Waals surface area contributed by atoms with Crippen LogP contribution in [0.3, 0.4) is 0 Å². The van der Waals surface area contributed by atoms with E-state index in [-0.39, 0.29) is 0 Å². The Bertz CT molecular complexity index is 2870. The van der Waals surface area contributed by atoms with Gasteiger partial charge in [0.15, 0.2) is 0 Å². The predicted molar refractivity (Wildman–Crippen MR) is 208 cm³/mol. The summed E-state index contributed by atoms with van der Waals surface area (Å²) in [7, 11) is 0. The molecule has 0 bridgehead atoms. The molecule has 0 heterocycles. The van der Waals surface area contributed by atoms with Gasteiger partial charge in [-0.15, -0.1) is 0 Å². The first-order valence-electron chi connectivity index (χ1n) is 16.7. The average molecular weight is 607 g/mol. The first-order valence-corrected chi connectivity index (χ1v) is 16.7. The standard InChI is InChI=1S/C48H30/c1-2-13-35-29-36(26-23-31(35)11-1)32-21-24-34(25-22-32)46-42-19-9-10-20-43(42)47(44-28-27-33-12-3-6-16-39(33)48(44)46)45-30-37-14-4-5-15-38(37)40-17-7-8-18-41(40)45/h1-30H. The van der Waals surface area contributed by atoms with Gasteiger partial charge in [-0.2, -0.15) is 0 Å². The van der Waals surface area contributed by atoms with Crippen molar-refractivity contribution in [1.82, 2.24) is 0 Å². The Morgan fingerprint density at radius 1 is 0.229 bits per heavy atom. The maximum atomic E-state index is 2.41. The lowest BCUT2D eigenvalue weighted by molar-refractivity contribution is 1.63. The maximum absolute atomic E-state index is 2.41. The molecule has 0 nitrogen and oxygen atoms in total. The van der Waals surface area contributed by atoms with Crippen LogP contribution >= 0.6 is 0 Å². The number of benzene rings is 10. The molecule has 0 aromatic heterocycles. The molecule has 0 aliphatic carbocycles. The third kappa shape index (κ3) is 4.10. The molecule has 0 spiro atoms. The van der Waals surface area contributed by atoms with E-state index in [1.54, 1.807) is 0 Å². The minimum absolute atomic E-state index is 1.22. The molecule has 0 radical (unpaired) electrons. The summed E-state index contributed by atoms with van der Waals surface area (Å²) in [6.45, 7) is 0. The van der Waals surface area contributed by atoms with Crippen molar-refractivity contribution < 1.29 is 0 Å². The fraction of sp³-hybridized carbons (Fsp3) is 0. The van der Waals surface area contributed by atoms with Gasteiger partial charge in [-0.05, 0) is 110 Å². The molecule has 0 heteroatoms. The van der Waals surface area contributed by atoms with Crippen LogP contribution in [-0.4, -0.2) is 0 Å². The summed E-state index contributed by atoms with van der Waals surface area (Å²) in [5.74, 6) is 0. The second kappa shape index (κ2) is 10.7. The van der Waals surface area contributed by atoms with Gasteiger partial charge in [-0.3, -0.25) is 0 Å². The molecule has 0 amide bonds. The first-order chi connectivity index (χ1) is 23.8. The van der Waals surface area contributed by atoms with Gasteiger partial charge in [0.05, 0.1) is 0 Å². The molecule has 0 aliphatic heterocycles. The number of fused-ring (bicyclic) bond motifs is 8. The highest BCUT2D eigenvalue weighted by Gasteiger charge is 2.20. The molecule has 0 N–H and O–H groups in total. The summed E-state index contributed by atoms with van der Waals surface area (Å²) in [5, 5.41) is 15.3. The Labute approximate surface area is 279 Å². The first kappa shape index (κ1) is 26.9. The normalized spacial score (nSPS) is 11.8. The second-order valence-electron chi connectivity index (χ2n) is 12.8. The van der Waals surface area contributed by atoms with Crippen LogP contribution in [0, 0.1) is 0 Å². The van der Waals surface area contributed by atoms with Gasteiger partial charge in [-0.1, -0.05) is 170 Å². The van der Waals surface area contributed by atoms with Gasteiger partial charge < -0.3 is 0 Å². The zero-order valence-electron chi connectivity index (χ0n) is 26.3. The minimum Gasteiger partial charge on any atom is -0.0616 e. The third-order valence-electron chi connectivity index (χ3n) is 10.2. The number of hydrogen-bond acceptors (Lipinski definition) is 0. The average Bonchev–Trinajstić information content (AvgIpc) is 3.16. The van der Waals surface area contributed by atoms with E-state index in [9.17, 15) is 0 Å². The van der Waals surface area contributed by atoms with Gasteiger partial charge in [0, 0.05) is 0 Å². The van der Waals surface area contributed by atoms with Gasteiger partial charge in [0.25, 0.3) is 0 Å². The summed E-state index contributed by atoms with van der Waals surface area (Å²) < 4.78 is 0. The molecule has 0 atom stereocenters. The summed E-state index contributed by atoms with van der Waals surface area (Å²) in [6, 6.07) is 67.1. The molecular weight excluding hydrogens is 577 g/mol. The van der Waals surface area contributed by atoms with Gasteiger partial charge in [-0.25, -0.2) is 0 Å². The SMILES string of the molecule is c1ccc2cc(-c3ccc(-c4c5ccccc5c(-c5cc6ccccc6c6ccccc56)c5ccc6ccccc6c45)cc3)ccc2c1. The molecular formula is C48H30. The Balaban J connectivity index is 1.30. The molecule has 0 saturated carbocycles. The van der Waals surface area contributed by atoms with Crippen LogP contribution in [0.2, 0.25) is 0 Å². The maximum Gasteiger partial charge on any atom is -0.00141 e. The molecule has 0 aliphatic rings. The van der Waals surface area contributed by atoms with Crippen LogP contribution in [0.1, 0.15) is 0 Å². The van der Waals surface area contributed by atoms with Crippen molar-refractivity contribution in [3.63, 3.8) is 0 Å². The zero-order chi connectivity index (χ0) is 31.6. The van der Waals surface area contributed by atoms with Crippen LogP contribution in [0.4, 0.5) is 0 Å². The molecule has 10 rings (SSSR count). The van der Waals surface area contributed by atoms with Crippen molar-refractivity contribution >= 4 is 64.6 Å². The van der Waals surface area contributed by atoms with Crippen molar-refractivity contribution in [2.24, 2.45) is 0 Å². The van der Waals surface area contributed by atoms with E-state index < -0.39 is 0 Å². The van der Waals surface area contributed by atoms with E-state index in [0.717, 1.165) is 0 Å². The van der Waals surface area contributed by atoms with Crippen LogP contribution in [0.15, 0.2) is 182 Å². The highest BCUT2D eigenvalue weighted by Crippen LogP contribution is 2.48. The van der Waals surface area contributed by atoms with Gasteiger partial charge in [0.1, 0.15) is 0 Å². The van der Waals surface area contributed by atoms with Crippen molar-refractivity contribution in [3.05, 3.63) is 182 Å². The van der Waals surface area contributed by atoms with E-state index in [4.69, 9.17) is 0 Å². The number of rotatable bonds is 3. The van der Waals surface area contributed by atoms with E-state index in [0.29, 0.717) is 0 Å². The smallest absolute Gasteiger partial charge is 0.00141 e. The monoisotopic (exact) mass is 606 g/mol. The lowest BCUT2D eigenvalue weighted by Crippen LogP contribution is -1.93. The Morgan fingerprint density at radius 3 is 1.52 bits per heavy atom. The van der Waals surface area contributed by atoms with Gasteiger partial charge >= 0.3 is 0 Å². The van der Waals surface area contributed by atoms with Crippen molar-refractivity contribution in [3.8, 4) is 33.4 Å². The molecule has 0 saturated heterocycles. The quantitative estimate of drug-likeness (QED) is 0.139. The third-order valence-corrected chi connectivity index (χ3v) is 10.2. The second-order valence-corrected chi connectivity index (χ2v) is 12.8. The minimum atomic E-state index is 1.22. The van der Waals surface area contributed by atoms with Crippen LogP contribution in [0.5, 0.6) is 0 Å². The summed E-state index contributed by atoms with van der Waals surface area (Å²) in [6.07, 6.45) is 0. The van der Waals surface area contributed by atoms with Crippen LogP contribution in [0.25, 0.3) is 98.0 Å². The Hall–Kier alpha value is -6.24. The van der Waals surface area contributed by atoms with E-state index in [1.165, 1.54) is 98.0 Å². The fourth-order valence-corrected chi connectivity index (χ4v) is 8.00. The molecule has 0 fully saturated rings. The van der Waals surface area contributed by atoms with Crippen molar-refractivity contribution in [1.29, 1.82) is 0 Å². The lowest BCUT2D eigenvalue weighted by Gasteiger charge is -2.21. The van der Waals surface area contributed by atoms with Crippen molar-refractivity contribution in [2.75, 3.05) is 0 Å². The van der Waals surface area contributed by atoms with E-state index >= 15 is 0 Å². The Morgan fingerprint density at radius 2 is 0.750 bits per heavy atom. The Kier molecular flexibility index (Phi) is 5.98. The van der Waals surface area contributed by atoms with E-state index in [1.807, 2.05) is 0 Å². The van der Waals surface area contributed by atoms with Gasteiger partial charge in [0.2, 0.25) is 0 Å². The molecule has 10 aromatic rings. The summed E-state index contributed by atoms with van der Waals surface area (Å²) in [5.41, 5.74) is 7.55. The van der Waals surface area contributed by atoms with E-state index in [2.05, 4.69) is 182 Å². The summed E-state index contributed by atoms with van der Waals surface area (Å²) >= 11 is 0. The summed E-state index contributed by atoms with van der Waals surface area (Å²) in [4.78, 5) is 0. The molecule has 0 unspecified atom stereocenters. The van der Waals surface area contributed by atoms with Crippen LogP contribution in [-0.2, 0) is 0 Å². The lowest BCUT2D eigenvalue weighted by atomic mass is 9.82. The van der Waals surface area contributed by atoms with Crippen LogP contribution < -0.4 is 0 Å².